The summed E-state index contributed by atoms with van der Waals surface area (Å²) in [5.41, 5.74) is 9.16. The topological polar surface area (TPSA) is 35.2 Å². The fourth-order valence-electron chi connectivity index (χ4n) is 2.11. The molecule has 0 aliphatic rings. The average molecular weight is 334 g/mol. The first-order valence-electron chi connectivity index (χ1n) is 6.78. The highest BCUT2D eigenvalue weighted by atomic mass is 79.9. The second-order valence-corrected chi connectivity index (χ2v) is 6.17. The van der Waals surface area contributed by atoms with E-state index in [0.717, 1.165) is 21.5 Å². The monoisotopic (exact) mass is 333 g/mol. The smallest absolute Gasteiger partial charge is 0.132 e. The molecule has 0 aromatic heterocycles. The van der Waals surface area contributed by atoms with Gasteiger partial charge in [-0.05, 0) is 48.2 Å². The first-order chi connectivity index (χ1) is 9.51. The van der Waals surface area contributed by atoms with Crippen molar-refractivity contribution in [1.82, 2.24) is 0 Å². The lowest BCUT2D eigenvalue weighted by Crippen LogP contribution is -2.01. The number of hydrogen-bond donors (Lipinski definition) is 1. The number of hydrogen-bond acceptors (Lipinski definition) is 2. The van der Waals surface area contributed by atoms with E-state index in [4.69, 9.17) is 10.5 Å². The molecule has 0 atom stereocenters. The minimum atomic E-state index is 0.397. The van der Waals surface area contributed by atoms with Gasteiger partial charge in [0.05, 0.1) is 0 Å². The first-order valence-corrected chi connectivity index (χ1v) is 7.57. The predicted molar refractivity (Wildman–Crippen MR) is 87.4 cm³/mol. The average Bonchev–Trinajstić information content (AvgIpc) is 2.41. The van der Waals surface area contributed by atoms with Crippen LogP contribution >= 0.6 is 15.9 Å². The van der Waals surface area contributed by atoms with Gasteiger partial charge in [-0.15, -0.1) is 0 Å². The third-order valence-electron chi connectivity index (χ3n) is 3.26. The van der Waals surface area contributed by atoms with Gasteiger partial charge in [0.2, 0.25) is 0 Å². The molecule has 0 aliphatic heterocycles. The van der Waals surface area contributed by atoms with Gasteiger partial charge < -0.3 is 10.5 Å². The van der Waals surface area contributed by atoms with E-state index in [0.29, 0.717) is 12.5 Å². The summed E-state index contributed by atoms with van der Waals surface area (Å²) < 4.78 is 7.19. The van der Waals surface area contributed by atoms with Crippen molar-refractivity contribution in [3.05, 3.63) is 57.6 Å². The van der Waals surface area contributed by atoms with Gasteiger partial charge in [-0.1, -0.05) is 41.9 Å². The molecule has 0 unspecified atom stereocenters. The number of ether oxygens (including phenoxy) is 1. The van der Waals surface area contributed by atoms with Crippen molar-refractivity contribution in [2.24, 2.45) is 5.73 Å². The van der Waals surface area contributed by atoms with E-state index >= 15 is 0 Å². The molecule has 2 N–H and O–H groups in total. The molecule has 0 aliphatic carbocycles. The van der Waals surface area contributed by atoms with Crippen LogP contribution in [0.5, 0.6) is 11.5 Å². The zero-order valence-electron chi connectivity index (χ0n) is 12.1. The van der Waals surface area contributed by atoms with Gasteiger partial charge in [0.1, 0.15) is 11.5 Å². The molecule has 20 heavy (non-hydrogen) atoms. The largest absolute Gasteiger partial charge is 0.457 e. The Labute approximate surface area is 129 Å². The van der Waals surface area contributed by atoms with Crippen molar-refractivity contribution in [2.75, 3.05) is 0 Å². The molecule has 2 aromatic carbocycles. The number of benzene rings is 2. The van der Waals surface area contributed by atoms with Crippen LogP contribution in [0.1, 0.15) is 36.5 Å². The predicted octanol–water partition coefficient (Wildman–Crippen LogP) is 5.13. The SMILES string of the molecule is Cc1ccc(CN)c(Oc2ccc(Br)cc2C(C)C)c1. The minimum absolute atomic E-state index is 0.397. The summed E-state index contributed by atoms with van der Waals surface area (Å²) in [5, 5.41) is 0. The lowest BCUT2D eigenvalue weighted by Gasteiger charge is -2.16. The van der Waals surface area contributed by atoms with Crippen molar-refractivity contribution in [1.29, 1.82) is 0 Å². The third kappa shape index (κ3) is 3.41. The summed E-state index contributed by atoms with van der Waals surface area (Å²) in [4.78, 5) is 0. The maximum Gasteiger partial charge on any atom is 0.132 e. The van der Waals surface area contributed by atoms with E-state index in [2.05, 4.69) is 48.8 Å². The van der Waals surface area contributed by atoms with Crippen LogP contribution in [-0.4, -0.2) is 0 Å². The van der Waals surface area contributed by atoms with Crippen LogP contribution in [0, 0.1) is 6.92 Å². The summed E-state index contributed by atoms with van der Waals surface area (Å²) >= 11 is 3.51. The van der Waals surface area contributed by atoms with Crippen LogP contribution in [0.25, 0.3) is 0 Å². The Hall–Kier alpha value is -1.32. The van der Waals surface area contributed by atoms with Crippen molar-refractivity contribution in [3.63, 3.8) is 0 Å². The Kier molecular flexibility index (Phi) is 4.84. The molecular formula is C17H20BrNO. The summed E-state index contributed by atoms with van der Waals surface area (Å²) in [6.07, 6.45) is 0. The van der Waals surface area contributed by atoms with Crippen molar-refractivity contribution in [3.8, 4) is 11.5 Å². The van der Waals surface area contributed by atoms with Crippen LogP contribution in [0.4, 0.5) is 0 Å². The third-order valence-corrected chi connectivity index (χ3v) is 3.75. The molecule has 106 valence electrons. The highest BCUT2D eigenvalue weighted by Gasteiger charge is 2.11. The molecule has 0 amide bonds. The van der Waals surface area contributed by atoms with Crippen LogP contribution in [0.2, 0.25) is 0 Å². The Morgan fingerprint density at radius 1 is 1.10 bits per heavy atom. The van der Waals surface area contributed by atoms with Gasteiger partial charge in [-0.25, -0.2) is 0 Å². The molecule has 2 aromatic rings. The number of nitrogens with two attached hydrogens (primary N) is 1. The van der Waals surface area contributed by atoms with E-state index in [1.165, 1.54) is 11.1 Å². The molecule has 0 heterocycles. The van der Waals surface area contributed by atoms with E-state index in [9.17, 15) is 0 Å². The second-order valence-electron chi connectivity index (χ2n) is 5.25. The van der Waals surface area contributed by atoms with Gasteiger partial charge in [-0.3, -0.25) is 0 Å². The van der Waals surface area contributed by atoms with E-state index in [-0.39, 0.29) is 0 Å². The molecule has 0 saturated carbocycles. The molecule has 0 spiro atoms. The fourth-order valence-corrected chi connectivity index (χ4v) is 2.49. The Morgan fingerprint density at radius 2 is 1.85 bits per heavy atom. The van der Waals surface area contributed by atoms with Gasteiger partial charge >= 0.3 is 0 Å². The maximum atomic E-state index is 6.13. The van der Waals surface area contributed by atoms with E-state index in [1.54, 1.807) is 0 Å². The Balaban J connectivity index is 2.42. The molecule has 3 heteroatoms. The molecule has 0 saturated heterocycles. The zero-order chi connectivity index (χ0) is 14.7. The second kappa shape index (κ2) is 6.42. The number of aryl methyl sites for hydroxylation is 1. The molecule has 0 radical (unpaired) electrons. The van der Waals surface area contributed by atoms with Crippen LogP contribution in [-0.2, 0) is 6.54 Å². The Morgan fingerprint density at radius 3 is 2.50 bits per heavy atom. The van der Waals surface area contributed by atoms with Gasteiger partial charge in [-0.2, -0.15) is 0 Å². The molecule has 0 fully saturated rings. The van der Waals surface area contributed by atoms with Crippen LogP contribution in [0.3, 0.4) is 0 Å². The maximum absolute atomic E-state index is 6.13. The molecular weight excluding hydrogens is 314 g/mol. The van der Waals surface area contributed by atoms with E-state index < -0.39 is 0 Å². The van der Waals surface area contributed by atoms with Crippen molar-refractivity contribution in [2.45, 2.75) is 33.2 Å². The highest BCUT2D eigenvalue weighted by Crippen LogP contribution is 2.34. The highest BCUT2D eigenvalue weighted by molar-refractivity contribution is 9.10. The molecule has 2 nitrogen and oxygen atoms in total. The van der Waals surface area contributed by atoms with Crippen LogP contribution < -0.4 is 10.5 Å². The summed E-state index contributed by atoms with van der Waals surface area (Å²) in [6.45, 7) is 6.85. The van der Waals surface area contributed by atoms with Gasteiger partial charge in [0.15, 0.2) is 0 Å². The zero-order valence-corrected chi connectivity index (χ0v) is 13.7. The summed E-state index contributed by atoms with van der Waals surface area (Å²) in [5.74, 6) is 2.13. The number of halogens is 1. The summed E-state index contributed by atoms with van der Waals surface area (Å²) in [6, 6.07) is 12.2. The molecule has 0 bridgehead atoms. The van der Waals surface area contributed by atoms with Gasteiger partial charge in [0.25, 0.3) is 0 Å². The lowest BCUT2D eigenvalue weighted by molar-refractivity contribution is 0.466. The first kappa shape index (κ1) is 15.1. The van der Waals surface area contributed by atoms with Crippen molar-refractivity contribution >= 4 is 15.9 Å². The van der Waals surface area contributed by atoms with Crippen LogP contribution in [0.15, 0.2) is 40.9 Å². The normalized spacial score (nSPS) is 10.9. The minimum Gasteiger partial charge on any atom is -0.457 e. The molecule has 2 rings (SSSR count). The number of rotatable bonds is 4. The van der Waals surface area contributed by atoms with Gasteiger partial charge in [0, 0.05) is 16.6 Å². The standard InChI is InChI=1S/C17H20BrNO/c1-11(2)15-9-14(18)6-7-16(15)20-17-8-12(3)4-5-13(17)10-19/h4-9,11H,10,19H2,1-3H3. The fraction of sp³-hybridized carbons (Fsp3) is 0.294. The van der Waals surface area contributed by atoms with E-state index in [1.807, 2.05) is 24.3 Å². The lowest BCUT2D eigenvalue weighted by atomic mass is 10.0. The quantitative estimate of drug-likeness (QED) is 0.841. The Bertz CT molecular complexity index is 608. The summed E-state index contributed by atoms with van der Waals surface area (Å²) in [7, 11) is 0. The van der Waals surface area contributed by atoms with Crippen molar-refractivity contribution < 1.29 is 4.74 Å².